The number of halogens is 1. The van der Waals surface area contributed by atoms with Gasteiger partial charge in [0.1, 0.15) is 23.9 Å². The molecule has 0 spiro atoms. The van der Waals surface area contributed by atoms with Crippen LogP contribution in [0.2, 0.25) is 0 Å². The lowest BCUT2D eigenvalue weighted by atomic mass is 10.3. The van der Waals surface area contributed by atoms with Crippen molar-refractivity contribution in [2.75, 3.05) is 7.11 Å². The highest BCUT2D eigenvalue weighted by atomic mass is 19.1. The molecule has 1 aromatic heterocycles. The molecule has 2 aromatic rings. The Morgan fingerprint density at radius 2 is 2.00 bits per heavy atom. The molecular weight excluding hydrogens is 233 g/mol. The molecule has 1 heterocycles. The maximum absolute atomic E-state index is 13.0. The highest BCUT2D eigenvalue weighted by Gasteiger charge is 2.02. The smallest absolute Gasteiger partial charge is 0.130 e. The molecule has 94 valence electrons. The molecule has 4 heteroatoms. The second-order valence-electron chi connectivity index (χ2n) is 3.89. The van der Waals surface area contributed by atoms with Gasteiger partial charge in [-0.05, 0) is 19.1 Å². The minimum absolute atomic E-state index is 0.279. The molecule has 0 saturated carbocycles. The van der Waals surface area contributed by atoms with Gasteiger partial charge in [0.2, 0.25) is 0 Å². The van der Waals surface area contributed by atoms with Gasteiger partial charge in [-0.25, -0.2) is 4.39 Å². The van der Waals surface area contributed by atoms with E-state index in [1.165, 1.54) is 12.1 Å². The topological polar surface area (TPSA) is 31.4 Å². The molecule has 0 atom stereocenters. The van der Waals surface area contributed by atoms with Crippen molar-refractivity contribution in [1.82, 2.24) is 4.98 Å². The Bertz CT molecular complexity index is 543. The van der Waals surface area contributed by atoms with Gasteiger partial charge in [0.05, 0.1) is 12.8 Å². The third kappa shape index (κ3) is 3.20. The van der Waals surface area contributed by atoms with Crippen LogP contribution in [0.4, 0.5) is 4.39 Å². The van der Waals surface area contributed by atoms with Crippen molar-refractivity contribution in [2.45, 2.75) is 13.5 Å². The van der Waals surface area contributed by atoms with Crippen molar-refractivity contribution in [3.63, 3.8) is 0 Å². The molecule has 0 aliphatic heterocycles. The number of hydrogen-bond acceptors (Lipinski definition) is 3. The van der Waals surface area contributed by atoms with Crippen molar-refractivity contribution < 1.29 is 13.9 Å². The Balaban J connectivity index is 2.08. The van der Waals surface area contributed by atoms with E-state index in [1.807, 2.05) is 13.0 Å². The number of pyridine rings is 1. The molecule has 0 N–H and O–H groups in total. The number of benzene rings is 1. The highest BCUT2D eigenvalue weighted by molar-refractivity contribution is 5.27. The van der Waals surface area contributed by atoms with Gasteiger partial charge in [0, 0.05) is 23.9 Å². The zero-order valence-electron chi connectivity index (χ0n) is 10.3. The quantitative estimate of drug-likeness (QED) is 0.831. The monoisotopic (exact) mass is 247 g/mol. The fourth-order valence-electron chi connectivity index (χ4n) is 1.61. The Morgan fingerprint density at radius 1 is 1.17 bits per heavy atom. The average molecular weight is 247 g/mol. The van der Waals surface area contributed by atoms with Crippen LogP contribution in [0.15, 0.2) is 36.4 Å². The van der Waals surface area contributed by atoms with Crippen molar-refractivity contribution in [2.24, 2.45) is 0 Å². The van der Waals surface area contributed by atoms with E-state index in [1.54, 1.807) is 25.3 Å². The summed E-state index contributed by atoms with van der Waals surface area (Å²) in [6.07, 6.45) is 0. The predicted octanol–water partition coefficient (Wildman–Crippen LogP) is 3.12. The fraction of sp³-hybridized carbons (Fsp3) is 0.214. The number of hydrogen-bond donors (Lipinski definition) is 0. The van der Waals surface area contributed by atoms with Gasteiger partial charge in [-0.2, -0.15) is 0 Å². The average Bonchev–Trinajstić information content (AvgIpc) is 2.36. The van der Waals surface area contributed by atoms with Gasteiger partial charge >= 0.3 is 0 Å². The standard InChI is InChI=1S/C14H14FNO2/c1-10-6-14(17-2)8-12(16-10)9-18-13-5-3-4-11(15)7-13/h3-8H,9H2,1-2H3. The van der Waals surface area contributed by atoms with E-state index in [-0.39, 0.29) is 12.4 Å². The summed E-state index contributed by atoms with van der Waals surface area (Å²) in [5.74, 6) is 0.903. The molecule has 0 bridgehead atoms. The molecule has 18 heavy (non-hydrogen) atoms. The predicted molar refractivity (Wildman–Crippen MR) is 66.3 cm³/mol. The van der Waals surface area contributed by atoms with Gasteiger partial charge in [-0.3, -0.25) is 4.98 Å². The Hall–Kier alpha value is -2.10. The first-order valence-corrected chi connectivity index (χ1v) is 5.57. The van der Waals surface area contributed by atoms with E-state index in [4.69, 9.17) is 9.47 Å². The van der Waals surface area contributed by atoms with Crippen LogP contribution in [-0.4, -0.2) is 12.1 Å². The minimum atomic E-state index is -0.317. The third-order valence-electron chi connectivity index (χ3n) is 2.40. The Labute approximate surface area is 105 Å². The molecule has 0 saturated heterocycles. The molecule has 0 radical (unpaired) electrons. The summed E-state index contributed by atoms with van der Waals surface area (Å²) < 4.78 is 23.6. The second-order valence-corrected chi connectivity index (χ2v) is 3.89. The van der Waals surface area contributed by atoms with Gasteiger partial charge in [-0.1, -0.05) is 6.07 Å². The van der Waals surface area contributed by atoms with Crippen LogP contribution in [0.5, 0.6) is 11.5 Å². The van der Waals surface area contributed by atoms with Crippen LogP contribution in [0.25, 0.3) is 0 Å². The minimum Gasteiger partial charge on any atom is -0.497 e. The fourth-order valence-corrected chi connectivity index (χ4v) is 1.61. The van der Waals surface area contributed by atoms with Crippen molar-refractivity contribution in [1.29, 1.82) is 0 Å². The van der Waals surface area contributed by atoms with E-state index in [0.29, 0.717) is 5.75 Å². The maximum atomic E-state index is 13.0. The van der Waals surface area contributed by atoms with E-state index >= 15 is 0 Å². The zero-order chi connectivity index (χ0) is 13.0. The lowest BCUT2D eigenvalue weighted by Crippen LogP contribution is -2.00. The molecule has 3 nitrogen and oxygen atoms in total. The number of nitrogens with zero attached hydrogens (tertiary/aromatic N) is 1. The number of rotatable bonds is 4. The zero-order valence-corrected chi connectivity index (χ0v) is 10.3. The number of aryl methyl sites for hydroxylation is 1. The SMILES string of the molecule is COc1cc(C)nc(COc2cccc(F)c2)c1. The first kappa shape index (κ1) is 12.4. The first-order valence-electron chi connectivity index (χ1n) is 5.57. The summed E-state index contributed by atoms with van der Waals surface area (Å²) in [5.41, 5.74) is 1.60. The molecule has 0 aliphatic carbocycles. The van der Waals surface area contributed by atoms with Crippen LogP contribution in [0.1, 0.15) is 11.4 Å². The normalized spacial score (nSPS) is 10.2. The molecule has 0 amide bonds. The van der Waals surface area contributed by atoms with Crippen LogP contribution in [-0.2, 0) is 6.61 Å². The van der Waals surface area contributed by atoms with E-state index in [9.17, 15) is 4.39 Å². The summed E-state index contributed by atoms with van der Waals surface area (Å²) in [4.78, 5) is 4.32. The van der Waals surface area contributed by atoms with Gasteiger partial charge in [-0.15, -0.1) is 0 Å². The largest absolute Gasteiger partial charge is 0.497 e. The number of aromatic nitrogens is 1. The second kappa shape index (κ2) is 5.49. The Morgan fingerprint density at radius 3 is 2.72 bits per heavy atom. The van der Waals surface area contributed by atoms with Crippen molar-refractivity contribution in [3.05, 3.63) is 53.6 Å². The lowest BCUT2D eigenvalue weighted by Gasteiger charge is -2.08. The number of methoxy groups -OCH3 is 1. The third-order valence-corrected chi connectivity index (χ3v) is 2.40. The van der Waals surface area contributed by atoms with E-state index in [0.717, 1.165) is 17.1 Å². The lowest BCUT2D eigenvalue weighted by molar-refractivity contribution is 0.298. The number of ether oxygens (including phenoxy) is 2. The molecule has 2 rings (SSSR count). The molecule has 0 fully saturated rings. The van der Waals surface area contributed by atoms with E-state index in [2.05, 4.69) is 4.98 Å². The summed E-state index contributed by atoms with van der Waals surface area (Å²) in [6.45, 7) is 2.16. The highest BCUT2D eigenvalue weighted by Crippen LogP contribution is 2.17. The molecule has 0 unspecified atom stereocenters. The van der Waals surface area contributed by atoms with Crippen LogP contribution >= 0.6 is 0 Å². The summed E-state index contributed by atoms with van der Waals surface area (Å²) in [7, 11) is 1.60. The summed E-state index contributed by atoms with van der Waals surface area (Å²) >= 11 is 0. The Kier molecular flexibility index (Phi) is 3.77. The van der Waals surface area contributed by atoms with Gasteiger partial charge in [0.25, 0.3) is 0 Å². The van der Waals surface area contributed by atoms with Crippen LogP contribution < -0.4 is 9.47 Å². The van der Waals surface area contributed by atoms with Gasteiger partial charge in [0.15, 0.2) is 0 Å². The molecule has 0 aliphatic rings. The maximum Gasteiger partial charge on any atom is 0.130 e. The van der Waals surface area contributed by atoms with Crippen molar-refractivity contribution in [3.8, 4) is 11.5 Å². The molecule has 1 aromatic carbocycles. The molecular formula is C14H14FNO2. The first-order chi connectivity index (χ1) is 8.67. The van der Waals surface area contributed by atoms with E-state index < -0.39 is 0 Å². The van der Waals surface area contributed by atoms with Crippen molar-refractivity contribution >= 4 is 0 Å². The summed E-state index contributed by atoms with van der Waals surface area (Å²) in [6, 6.07) is 9.66. The van der Waals surface area contributed by atoms with Crippen LogP contribution in [0, 0.1) is 12.7 Å². The van der Waals surface area contributed by atoms with Crippen LogP contribution in [0.3, 0.4) is 0 Å². The van der Waals surface area contributed by atoms with Gasteiger partial charge < -0.3 is 9.47 Å². The summed E-state index contributed by atoms with van der Waals surface area (Å²) in [5, 5.41) is 0.